The second-order valence-corrected chi connectivity index (χ2v) is 7.71. The predicted octanol–water partition coefficient (Wildman–Crippen LogP) is 4.30. The van der Waals surface area contributed by atoms with Crippen LogP contribution in [0.3, 0.4) is 0 Å². The Balaban J connectivity index is 1.51. The Hall–Kier alpha value is -3.03. The molecule has 1 N–H and O–H groups in total. The molecule has 28 heavy (non-hydrogen) atoms. The molecular formula is C20H13ClN2O4S. The highest BCUT2D eigenvalue weighted by atomic mass is 35.5. The molecule has 0 unspecified atom stereocenters. The fourth-order valence-corrected chi connectivity index (χ4v) is 4.24. The lowest BCUT2D eigenvalue weighted by atomic mass is 10.1. The SMILES string of the molecule is O=c1sc(/C=C2/C=Nc3ccccc32)c(O)n1Cc1cc2c(cc1Cl)OCO2. The standard InChI is InChI=1S/C20H13ClN2O4S/c21-14-7-17-16(26-10-27-17)5-12(14)9-23-19(24)18(28-20(23)25)6-11-8-22-15-4-2-1-3-13(11)15/h1-8,24H,9-10H2/b11-6-. The molecule has 2 aromatic carbocycles. The van der Waals surface area contributed by atoms with Gasteiger partial charge in [0.25, 0.3) is 0 Å². The van der Waals surface area contributed by atoms with E-state index in [9.17, 15) is 9.90 Å². The van der Waals surface area contributed by atoms with Crippen LogP contribution < -0.4 is 14.3 Å². The first kappa shape index (κ1) is 17.1. The number of aliphatic imine (C=N–C) groups is 1. The maximum absolute atomic E-state index is 12.5. The average Bonchev–Trinajstić information content (AvgIpc) is 3.37. The summed E-state index contributed by atoms with van der Waals surface area (Å²) in [5.41, 5.74) is 3.34. The largest absolute Gasteiger partial charge is 0.493 e. The summed E-state index contributed by atoms with van der Waals surface area (Å²) in [6.07, 6.45) is 3.50. The summed E-state index contributed by atoms with van der Waals surface area (Å²) in [6, 6.07) is 11.1. The molecule has 140 valence electrons. The summed E-state index contributed by atoms with van der Waals surface area (Å²) >= 11 is 7.28. The van der Waals surface area contributed by atoms with Crippen LogP contribution in [0, 0.1) is 0 Å². The van der Waals surface area contributed by atoms with E-state index in [0.717, 1.165) is 28.2 Å². The number of ether oxygens (including phenoxy) is 2. The molecule has 0 saturated heterocycles. The molecule has 8 heteroatoms. The van der Waals surface area contributed by atoms with Crippen molar-refractivity contribution in [2.24, 2.45) is 4.99 Å². The zero-order chi connectivity index (χ0) is 19.3. The Morgan fingerprint density at radius 3 is 2.89 bits per heavy atom. The molecule has 6 nitrogen and oxygen atoms in total. The highest BCUT2D eigenvalue weighted by Gasteiger charge is 2.20. The fraction of sp³-hybridized carbons (Fsp3) is 0.100. The van der Waals surface area contributed by atoms with Crippen LogP contribution in [0.25, 0.3) is 11.6 Å². The molecule has 0 atom stereocenters. The first-order valence-electron chi connectivity index (χ1n) is 8.46. The minimum atomic E-state index is -0.277. The van der Waals surface area contributed by atoms with Crippen LogP contribution in [-0.2, 0) is 6.54 Å². The van der Waals surface area contributed by atoms with Crippen molar-refractivity contribution in [1.82, 2.24) is 4.57 Å². The van der Waals surface area contributed by atoms with Crippen molar-refractivity contribution in [2.75, 3.05) is 6.79 Å². The molecule has 0 spiro atoms. The zero-order valence-electron chi connectivity index (χ0n) is 14.4. The molecule has 0 saturated carbocycles. The summed E-state index contributed by atoms with van der Waals surface area (Å²) in [5, 5.41) is 11.1. The van der Waals surface area contributed by atoms with Crippen LogP contribution in [0.1, 0.15) is 16.0 Å². The van der Waals surface area contributed by atoms with Crippen LogP contribution in [0.15, 0.2) is 46.2 Å². The molecule has 3 aromatic rings. The molecule has 0 fully saturated rings. The number of rotatable bonds is 3. The van der Waals surface area contributed by atoms with E-state index in [4.69, 9.17) is 21.1 Å². The van der Waals surface area contributed by atoms with E-state index in [1.807, 2.05) is 24.3 Å². The lowest BCUT2D eigenvalue weighted by Crippen LogP contribution is -2.13. The molecule has 0 aliphatic carbocycles. The van der Waals surface area contributed by atoms with E-state index in [1.54, 1.807) is 24.4 Å². The van der Waals surface area contributed by atoms with Crippen molar-refractivity contribution < 1.29 is 14.6 Å². The highest BCUT2D eigenvalue weighted by molar-refractivity contribution is 7.10. The monoisotopic (exact) mass is 412 g/mol. The second-order valence-electron chi connectivity index (χ2n) is 6.31. The first-order chi connectivity index (χ1) is 13.6. The van der Waals surface area contributed by atoms with E-state index < -0.39 is 0 Å². The number of hydrogen-bond donors (Lipinski definition) is 1. The van der Waals surface area contributed by atoms with Crippen molar-refractivity contribution in [3.63, 3.8) is 0 Å². The van der Waals surface area contributed by atoms with Crippen molar-refractivity contribution in [2.45, 2.75) is 6.54 Å². The van der Waals surface area contributed by atoms with Crippen LogP contribution in [-0.4, -0.2) is 22.7 Å². The summed E-state index contributed by atoms with van der Waals surface area (Å²) in [4.78, 5) is 17.0. The number of para-hydroxylation sites is 1. The van der Waals surface area contributed by atoms with Gasteiger partial charge in [-0.15, -0.1) is 0 Å². The number of hydrogen-bond acceptors (Lipinski definition) is 6. The Morgan fingerprint density at radius 2 is 2.04 bits per heavy atom. The van der Waals surface area contributed by atoms with E-state index in [0.29, 0.717) is 27.0 Å². The lowest BCUT2D eigenvalue weighted by Gasteiger charge is -2.08. The molecular weight excluding hydrogens is 400 g/mol. The van der Waals surface area contributed by atoms with Gasteiger partial charge >= 0.3 is 4.87 Å². The van der Waals surface area contributed by atoms with Gasteiger partial charge in [-0.1, -0.05) is 41.1 Å². The maximum atomic E-state index is 12.5. The summed E-state index contributed by atoms with van der Waals surface area (Å²) < 4.78 is 12.0. The van der Waals surface area contributed by atoms with Crippen molar-refractivity contribution in [3.05, 3.63) is 67.1 Å². The molecule has 0 bridgehead atoms. The number of aromatic nitrogens is 1. The molecule has 2 aliphatic heterocycles. The molecule has 3 heterocycles. The number of thiazole rings is 1. The number of benzene rings is 2. The van der Waals surface area contributed by atoms with Crippen molar-refractivity contribution >= 4 is 46.5 Å². The summed E-state index contributed by atoms with van der Waals surface area (Å²) in [6.45, 7) is 0.268. The van der Waals surface area contributed by atoms with E-state index in [-0.39, 0.29) is 24.1 Å². The van der Waals surface area contributed by atoms with Crippen LogP contribution in [0.5, 0.6) is 17.4 Å². The third kappa shape index (κ3) is 2.80. The Bertz CT molecular complexity index is 1230. The predicted molar refractivity (Wildman–Crippen MR) is 109 cm³/mol. The van der Waals surface area contributed by atoms with Crippen molar-refractivity contribution in [3.8, 4) is 17.4 Å². The summed E-state index contributed by atoms with van der Waals surface area (Å²) in [5.74, 6) is 1.04. The fourth-order valence-electron chi connectivity index (χ4n) is 3.19. The van der Waals surface area contributed by atoms with Crippen LogP contribution >= 0.6 is 22.9 Å². The van der Waals surface area contributed by atoms with Gasteiger partial charge in [0.2, 0.25) is 12.7 Å². The Labute approximate surface area is 168 Å². The number of aromatic hydroxyl groups is 1. The molecule has 2 aliphatic rings. The third-order valence-corrected chi connectivity index (χ3v) is 5.88. The van der Waals surface area contributed by atoms with Crippen LogP contribution in [0.4, 0.5) is 5.69 Å². The van der Waals surface area contributed by atoms with E-state index in [2.05, 4.69) is 4.99 Å². The number of allylic oxidation sites excluding steroid dienone is 1. The Kier molecular flexibility index (Phi) is 3.99. The molecule has 0 radical (unpaired) electrons. The van der Waals surface area contributed by atoms with Gasteiger partial charge in [-0.3, -0.25) is 14.4 Å². The zero-order valence-corrected chi connectivity index (χ0v) is 16.0. The average molecular weight is 413 g/mol. The van der Waals surface area contributed by atoms with Gasteiger partial charge in [0.1, 0.15) is 0 Å². The third-order valence-electron chi connectivity index (χ3n) is 4.61. The number of nitrogens with zero attached hydrogens (tertiary/aromatic N) is 2. The highest BCUT2D eigenvalue weighted by Crippen LogP contribution is 2.38. The molecule has 5 rings (SSSR count). The minimum absolute atomic E-state index is 0.103. The lowest BCUT2D eigenvalue weighted by molar-refractivity contribution is 0.174. The molecule has 1 aromatic heterocycles. The topological polar surface area (TPSA) is 73.0 Å². The number of fused-ring (bicyclic) bond motifs is 2. The van der Waals surface area contributed by atoms with Gasteiger partial charge in [0.05, 0.1) is 17.1 Å². The van der Waals surface area contributed by atoms with E-state index >= 15 is 0 Å². The van der Waals surface area contributed by atoms with E-state index in [1.165, 1.54) is 4.57 Å². The van der Waals surface area contributed by atoms with Gasteiger partial charge in [-0.25, -0.2) is 0 Å². The maximum Gasteiger partial charge on any atom is 0.310 e. The smallest absolute Gasteiger partial charge is 0.310 e. The van der Waals surface area contributed by atoms with Gasteiger partial charge in [-0.2, -0.15) is 0 Å². The first-order valence-corrected chi connectivity index (χ1v) is 9.65. The van der Waals surface area contributed by atoms with Gasteiger partial charge in [-0.05, 0) is 23.8 Å². The number of halogens is 1. The molecule has 0 amide bonds. The van der Waals surface area contributed by atoms with Crippen molar-refractivity contribution in [1.29, 1.82) is 0 Å². The Morgan fingerprint density at radius 1 is 1.25 bits per heavy atom. The summed E-state index contributed by atoms with van der Waals surface area (Å²) in [7, 11) is 0. The normalized spacial score (nSPS) is 15.4. The van der Waals surface area contributed by atoms with Gasteiger partial charge < -0.3 is 14.6 Å². The quantitative estimate of drug-likeness (QED) is 0.696. The van der Waals surface area contributed by atoms with Gasteiger partial charge in [0, 0.05) is 28.4 Å². The second kappa shape index (κ2) is 6.54. The van der Waals surface area contributed by atoms with Gasteiger partial charge in [0.15, 0.2) is 11.5 Å². The van der Waals surface area contributed by atoms with Crippen LogP contribution in [0.2, 0.25) is 5.02 Å². The minimum Gasteiger partial charge on any atom is -0.493 e.